The van der Waals surface area contributed by atoms with Crippen molar-refractivity contribution in [2.75, 3.05) is 6.54 Å². The minimum absolute atomic E-state index is 0.156. The first-order chi connectivity index (χ1) is 15.3. The molecule has 0 saturated heterocycles. The third-order valence-electron chi connectivity index (χ3n) is 5.66. The molecule has 4 rings (SSSR count). The van der Waals surface area contributed by atoms with Crippen LogP contribution in [-0.2, 0) is 12.6 Å². The maximum atomic E-state index is 13.0. The van der Waals surface area contributed by atoms with Crippen molar-refractivity contribution >= 4 is 22.4 Å². The quantitative estimate of drug-likeness (QED) is 0.311. The Labute approximate surface area is 190 Å². The highest BCUT2D eigenvalue weighted by Crippen LogP contribution is 2.34. The first-order valence-corrected chi connectivity index (χ1v) is 10.9. The van der Waals surface area contributed by atoms with Crippen LogP contribution in [0.2, 0.25) is 5.02 Å². The second-order valence-corrected chi connectivity index (χ2v) is 8.36. The molecule has 0 radical (unpaired) electrons. The highest BCUT2D eigenvalue weighted by Gasteiger charge is 2.30. The second kappa shape index (κ2) is 9.35. The largest absolute Gasteiger partial charge is 0.416 e. The van der Waals surface area contributed by atoms with Crippen LogP contribution in [-0.4, -0.2) is 6.54 Å². The van der Waals surface area contributed by atoms with Gasteiger partial charge in [-0.2, -0.15) is 13.2 Å². The van der Waals surface area contributed by atoms with Gasteiger partial charge in [0.05, 0.1) is 5.56 Å². The lowest BCUT2D eigenvalue weighted by molar-refractivity contribution is -0.137. The first kappa shape index (κ1) is 22.4. The fraction of sp³-hybridized carbons (Fsp3) is 0.185. The maximum absolute atomic E-state index is 13.0. The zero-order valence-electron chi connectivity index (χ0n) is 17.6. The highest BCUT2D eigenvalue weighted by molar-refractivity contribution is 6.30. The Morgan fingerprint density at radius 3 is 2.34 bits per heavy atom. The number of nitrogens with one attached hydrogen (secondary N) is 1. The molecule has 4 aromatic carbocycles. The molecule has 0 spiro atoms. The summed E-state index contributed by atoms with van der Waals surface area (Å²) in [7, 11) is 0. The smallest absolute Gasteiger partial charge is 0.310 e. The number of alkyl halides is 3. The molecule has 0 fully saturated rings. The molecule has 1 atom stereocenters. The van der Waals surface area contributed by atoms with Gasteiger partial charge in [0.2, 0.25) is 0 Å². The molecule has 1 unspecified atom stereocenters. The van der Waals surface area contributed by atoms with E-state index in [-0.39, 0.29) is 6.04 Å². The molecule has 164 valence electrons. The molecule has 1 nitrogen and oxygen atoms in total. The Bertz CT molecular complexity index is 1220. The third-order valence-corrected chi connectivity index (χ3v) is 5.89. The summed E-state index contributed by atoms with van der Waals surface area (Å²) in [4.78, 5) is 0. The molecule has 1 N–H and O–H groups in total. The van der Waals surface area contributed by atoms with Crippen molar-refractivity contribution in [1.29, 1.82) is 0 Å². The van der Waals surface area contributed by atoms with Gasteiger partial charge in [0.15, 0.2) is 0 Å². The van der Waals surface area contributed by atoms with Crippen molar-refractivity contribution in [2.45, 2.75) is 25.6 Å². The molecule has 4 aromatic rings. The van der Waals surface area contributed by atoms with Crippen molar-refractivity contribution < 1.29 is 13.2 Å². The van der Waals surface area contributed by atoms with Crippen LogP contribution in [0, 0.1) is 0 Å². The van der Waals surface area contributed by atoms with Gasteiger partial charge in [0, 0.05) is 11.1 Å². The fourth-order valence-electron chi connectivity index (χ4n) is 3.92. The lowest BCUT2D eigenvalue weighted by Crippen LogP contribution is -2.21. The molecule has 0 aromatic heterocycles. The maximum Gasteiger partial charge on any atom is 0.416 e. The molecule has 0 aliphatic carbocycles. The standard InChI is InChI=1S/C27H23ClF3N/c1-18(21-6-4-7-24(28)17-21)32-14-13-19-15-22-5-2-3-8-25(22)26(16-19)20-9-11-23(12-10-20)27(29,30)31/h2-12,15-18,32H,13-14H2,1H3. The van der Waals surface area contributed by atoms with E-state index in [4.69, 9.17) is 11.6 Å². The van der Waals surface area contributed by atoms with Gasteiger partial charge in [-0.05, 0) is 77.2 Å². The number of rotatable bonds is 6. The zero-order valence-corrected chi connectivity index (χ0v) is 18.3. The first-order valence-electron chi connectivity index (χ1n) is 10.5. The van der Waals surface area contributed by atoms with Gasteiger partial charge < -0.3 is 5.32 Å². The summed E-state index contributed by atoms with van der Waals surface area (Å²) in [5.74, 6) is 0. The summed E-state index contributed by atoms with van der Waals surface area (Å²) in [5.41, 5.74) is 3.33. The lowest BCUT2D eigenvalue weighted by Gasteiger charge is -2.16. The average Bonchev–Trinajstić information content (AvgIpc) is 2.78. The lowest BCUT2D eigenvalue weighted by atomic mass is 9.94. The summed E-state index contributed by atoms with van der Waals surface area (Å²) in [6.07, 6.45) is -3.54. The minimum Gasteiger partial charge on any atom is -0.310 e. The number of hydrogen-bond donors (Lipinski definition) is 1. The van der Waals surface area contributed by atoms with E-state index < -0.39 is 11.7 Å². The van der Waals surface area contributed by atoms with Gasteiger partial charge in [-0.1, -0.05) is 72.3 Å². The summed E-state index contributed by atoms with van der Waals surface area (Å²) >= 11 is 6.09. The van der Waals surface area contributed by atoms with E-state index in [0.29, 0.717) is 5.02 Å². The van der Waals surface area contributed by atoms with E-state index in [9.17, 15) is 13.2 Å². The van der Waals surface area contributed by atoms with Crippen molar-refractivity contribution in [3.63, 3.8) is 0 Å². The summed E-state index contributed by atoms with van der Waals surface area (Å²) < 4.78 is 38.9. The van der Waals surface area contributed by atoms with Crippen LogP contribution in [0.3, 0.4) is 0 Å². The topological polar surface area (TPSA) is 12.0 Å². The highest BCUT2D eigenvalue weighted by atomic mass is 35.5. The summed E-state index contributed by atoms with van der Waals surface area (Å²) in [5, 5.41) is 6.33. The van der Waals surface area contributed by atoms with E-state index in [2.05, 4.69) is 24.4 Å². The van der Waals surface area contributed by atoms with Crippen LogP contribution in [0.25, 0.3) is 21.9 Å². The second-order valence-electron chi connectivity index (χ2n) is 7.92. The predicted molar refractivity (Wildman–Crippen MR) is 126 cm³/mol. The van der Waals surface area contributed by atoms with E-state index >= 15 is 0 Å². The number of halogens is 4. The fourth-order valence-corrected chi connectivity index (χ4v) is 4.12. The Morgan fingerprint density at radius 1 is 0.875 bits per heavy atom. The SMILES string of the molecule is CC(NCCc1cc(-c2ccc(C(F)(F)F)cc2)c2ccccc2c1)c1cccc(Cl)c1. The molecule has 0 aliphatic heterocycles. The van der Waals surface area contributed by atoms with Gasteiger partial charge >= 0.3 is 6.18 Å². The summed E-state index contributed by atoms with van der Waals surface area (Å²) in [6, 6.07) is 25.5. The Balaban J connectivity index is 1.57. The van der Waals surface area contributed by atoms with Gasteiger partial charge in [0.1, 0.15) is 0 Å². The average molecular weight is 454 g/mol. The van der Waals surface area contributed by atoms with Gasteiger partial charge in [-0.3, -0.25) is 0 Å². The molecule has 0 amide bonds. The van der Waals surface area contributed by atoms with Gasteiger partial charge in [0.25, 0.3) is 0 Å². The van der Waals surface area contributed by atoms with Crippen LogP contribution in [0.5, 0.6) is 0 Å². The minimum atomic E-state index is -4.34. The predicted octanol–water partition coefficient (Wildman–Crippen LogP) is 8.07. The van der Waals surface area contributed by atoms with Crippen molar-refractivity contribution in [1.82, 2.24) is 5.32 Å². The molecule has 32 heavy (non-hydrogen) atoms. The van der Waals surface area contributed by atoms with Crippen molar-refractivity contribution in [3.05, 3.63) is 107 Å². The van der Waals surface area contributed by atoms with Crippen molar-refractivity contribution in [3.8, 4) is 11.1 Å². The Morgan fingerprint density at radius 2 is 1.62 bits per heavy atom. The molecular formula is C27H23ClF3N. The van der Waals surface area contributed by atoms with Crippen LogP contribution >= 0.6 is 11.6 Å². The number of hydrogen-bond acceptors (Lipinski definition) is 1. The Kier molecular flexibility index (Phi) is 6.54. The molecule has 0 aliphatic rings. The third kappa shape index (κ3) is 5.14. The molecule has 0 heterocycles. The van der Waals surface area contributed by atoms with Crippen LogP contribution in [0.15, 0.2) is 84.9 Å². The van der Waals surface area contributed by atoms with Crippen molar-refractivity contribution in [2.24, 2.45) is 0 Å². The monoisotopic (exact) mass is 453 g/mol. The normalized spacial score (nSPS) is 12.8. The van der Waals surface area contributed by atoms with E-state index in [1.165, 1.54) is 0 Å². The van der Waals surface area contributed by atoms with E-state index in [0.717, 1.165) is 58.1 Å². The number of fused-ring (bicyclic) bond motifs is 1. The number of benzene rings is 4. The van der Waals surface area contributed by atoms with E-state index in [1.807, 2.05) is 48.5 Å². The molecule has 0 bridgehead atoms. The van der Waals surface area contributed by atoms with Crippen LogP contribution < -0.4 is 5.32 Å². The van der Waals surface area contributed by atoms with E-state index in [1.54, 1.807) is 12.1 Å². The molecule has 5 heteroatoms. The van der Waals surface area contributed by atoms with Crippen LogP contribution in [0.4, 0.5) is 13.2 Å². The van der Waals surface area contributed by atoms with Gasteiger partial charge in [-0.25, -0.2) is 0 Å². The van der Waals surface area contributed by atoms with Gasteiger partial charge in [-0.15, -0.1) is 0 Å². The zero-order chi connectivity index (χ0) is 22.7. The van der Waals surface area contributed by atoms with Crippen LogP contribution in [0.1, 0.15) is 29.7 Å². The molecular weight excluding hydrogens is 431 g/mol. The summed E-state index contributed by atoms with van der Waals surface area (Å²) in [6.45, 7) is 2.86. The Hall–Kier alpha value is -2.82. The molecule has 0 saturated carbocycles.